The summed E-state index contributed by atoms with van der Waals surface area (Å²) in [5.41, 5.74) is 1.01. The van der Waals surface area contributed by atoms with Gasteiger partial charge in [0.2, 0.25) is 0 Å². The second-order valence-electron chi connectivity index (χ2n) is 4.45. The van der Waals surface area contributed by atoms with E-state index in [1.165, 1.54) is 6.42 Å². The maximum Gasteiger partial charge on any atom is 0.0804 e. The molecule has 98 valence electrons. The molecule has 1 aromatic rings. The summed E-state index contributed by atoms with van der Waals surface area (Å²) in [7, 11) is 0. The number of hydrogen-bond donors (Lipinski definition) is 1. The molecule has 0 saturated heterocycles. The van der Waals surface area contributed by atoms with Crippen LogP contribution in [0.1, 0.15) is 51.2 Å². The number of unbranched alkanes of at least 4 members (excludes halogenated alkanes) is 1. The largest absolute Gasteiger partial charge is 0.388 e. The van der Waals surface area contributed by atoms with Crippen molar-refractivity contribution in [2.45, 2.75) is 52.2 Å². The highest BCUT2D eigenvalue weighted by atomic mass is 16.5. The third-order valence-electron chi connectivity index (χ3n) is 2.86. The van der Waals surface area contributed by atoms with Crippen molar-refractivity contribution in [3.63, 3.8) is 0 Å². The molecule has 0 spiro atoms. The highest BCUT2D eigenvalue weighted by Crippen LogP contribution is 2.18. The quantitative estimate of drug-likeness (QED) is 0.672. The summed E-state index contributed by atoms with van der Waals surface area (Å²) in [5.74, 6) is 0. The van der Waals surface area contributed by atoms with Crippen LogP contribution in [0.5, 0.6) is 0 Å². The van der Waals surface area contributed by atoms with Crippen molar-refractivity contribution in [3.05, 3.63) is 24.0 Å². The summed E-state index contributed by atoms with van der Waals surface area (Å²) in [6, 6.07) is 1.99. The highest BCUT2D eigenvalue weighted by molar-refractivity contribution is 5.13. The van der Waals surface area contributed by atoms with Gasteiger partial charge in [-0.05, 0) is 24.5 Å². The third kappa shape index (κ3) is 5.37. The molecule has 1 unspecified atom stereocenters. The molecule has 17 heavy (non-hydrogen) atoms. The van der Waals surface area contributed by atoms with Crippen molar-refractivity contribution in [2.24, 2.45) is 0 Å². The van der Waals surface area contributed by atoms with Crippen LogP contribution in [-0.2, 0) is 11.3 Å². The Kier molecular flexibility index (Phi) is 6.97. The van der Waals surface area contributed by atoms with Gasteiger partial charge in [-0.2, -0.15) is 0 Å². The Morgan fingerprint density at radius 1 is 1.29 bits per heavy atom. The topological polar surface area (TPSA) is 34.4 Å². The van der Waals surface area contributed by atoms with Gasteiger partial charge in [-0.3, -0.25) is 0 Å². The van der Waals surface area contributed by atoms with Gasteiger partial charge in [0, 0.05) is 25.5 Å². The number of aliphatic hydroxyl groups excluding tert-OH is 1. The van der Waals surface area contributed by atoms with Crippen LogP contribution in [0.4, 0.5) is 0 Å². The minimum atomic E-state index is -0.317. The van der Waals surface area contributed by atoms with Gasteiger partial charge in [-0.1, -0.05) is 26.7 Å². The van der Waals surface area contributed by atoms with Gasteiger partial charge in [0.25, 0.3) is 0 Å². The Labute approximate surface area is 104 Å². The predicted molar refractivity (Wildman–Crippen MR) is 70.0 cm³/mol. The fourth-order valence-electron chi connectivity index (χ4n) is 1.75. The lowest BCUT2D eigenvalue weighted by Crippen LogP contribution is -2.05. The van der Waals surface area contributed by atoms with Crippen LogP contribution in [0.15, 0.2) is 18.5 Å². The van der Waals surface area contributed by atoms with E-state index in [-0.39, 0.29) is 6.10 Å². The van der Waals surface area contributed by atoms with Gasteiger partial charge in [-0.15, -0.1) is 0 Å². The van der Waals surface area contributed by atoms with Crippen molar-refractivity contribution in [3.8, 4) is 0 Å². The molecule has 0 radical (unpaired) electrons. The molecule has 1 N–H and O–H groups in total. The average Bonchev–Trinajstić information content (AvgIpc) is 2.78. The van der Waals surface area contributed by atoms with Crippen LogP contribution in [0.3, 0.4) is 0 Å². The standard InChI is InChI=1S/C14H25NO2/c1-3-5-10-17-11-9-15-8-7-13(12-15)14(16)6-4-2/h7-8,12,14,16H,3-6,9-11H2,1-2H3. The molecule has 0 amide bonds. The molecule has 0 aromatic carbocycles. The first-order valence-electron chi connectivity index (χ1n) is 6.69. The predicted octanol–water partition coefficient (Wildman–Crippen LogP) is 3.14. The number of hydrogen-bond acceptors (Lipinski definition) is 2. The lowest BCUT2D eigenvalue weighted by molar-refractivity contribution is 0.123. The highest BCUT2D eigenvalue weighted by Gasteiger charge is 2.07. The van der Waals surface area contributed by atoms with Gasteiger partial charge < -0.3 is 14.4 Å². The Morgan fingerprint density at radius 3 is 2.82 bits per heavy atom. The van der Waals surface area contributed by atoms with E-state index in [9.17, 15) is 5.11 Å². The summed E-state index contributed by atoms with van der Waals surface area (Å²) in [5, 5.41) is 9.83. The minimum Gasteiger partial charge on any atom is -0.388 e. The van der Waals surface area contributed by atoms with Crippen LogP contribution >= 0.6 is 0 Å². The lowest BCUT2D eigenvalue weighted by atomic mass is 10.1. The fourth-order valence-corrected chi connectivity index (χ4v) is 1.75. The summed E-state index contributed by atoms with van der Waals surface area (Å²) in [4.78, 5) is 0. The summed E-state index contributed by atoms with van der Waals surface area (Å²) < 4.78 is 7.60. The van der Waals surface area contributed by atoms with E-state index in [1.54, 1.807) is 0 Å². The maximum atomic E-state index is 9.83. The Morgan fingerprint density at radius 2 is 2.12 bits per heavy atom. The SMILES string of the molecule is CCCCOCCn1ccc(C(O)CCC)c1. The monoisotopic (exact) mass is 239 g/mol. The van der Waals surface area contributed by atoms with Crippen LogP contribution in [0, 0.1) is 0 Å². The molecule has 3 heteroatoms. The van der Waals surface area contributed by atoms with E-state index in [0.717, 1.165) is 44.6 Å². The molecule has 0 saturated carbocycles. The number of nitrogens with zero attached hydrogens (tertiary/aromatic N) is 1. The molecule has 0 bridgehead atoms. The maximum absolute atomic E-state index is 9.83. The van der Waals surface area contributed by atoms with Crippen LogP contribution in [0.25, 0.3) is 0 Å². The molecule has 0 aliphatic rings. The molecular weight excluding hydrogens is 214 g/mol. The smallest absolute Gasteiger partial charge is 0.0804 e. The first-order chi connectivity index (χ1) is 8.27. The van der Waals surface area contributed by atoms with Gasteiger partial charge >= 0.3 is 0 Å². The number of aliphatic hydroxyl groups is 1. The van der Waals surface area contributed by atoms with Gasteiger partial charge in [-0.25, -0.2) is 0 Å². The Hall–Kier alpha value is -0.800. The van der Waals surface area contributed by atoms with Crippen molar-refractivity contribution >= 4 is 0 Å². The normalized spacial score (nSPS) is 12.9. The molecule has 0 aliphatic heterocycles. The molecule has 1 heterocycles. The van der Waals surface area contributed by atoms with Crippen molar-refractivity contribution < 1.29 is 9.84 Å². The molecular formula is C14H25NO2. The lowest BCUT2D eigenvalue weighted by Gasteiger charge is -2.07. The minimum absolute atomic E-state index is 0.317. The van der Waals surface area contributed by atoms with Gasteiger partial charge in [0.1, 0.15) is 0 Å². The molecule has 3 nitrogen and oxygen atoms in total. The number of rotatable bonds is 9. The first kappa shape index (κ1) is 14.3. The van der Waals surface area contributed by atoms with Crippen LogP contribution in [0.2, 0.25) is 0 Å². The zero-order valence-electron chi connectivity index (χ0n) is 11.1. The zero-order valence-corrected chi connectivity index (χ0v) is 11.1. The van der Waals surface area contributed by atoms with E-state index < -0.39 is 0 Å². The molecule has 1 atom stereocenters. The second kappa shape index (κ2) is 8.31. The fraction of sp³-hybridized carbons (Fsp3) is 0.714. The van der Waals surface area contributed by atoms with Crippen molar-refractivity contribution in [2.75, 3.05) is 13.2 Å². The van der Waals surface area contributed by atoms with Crippen LogP contribution < -0.4 is 0 Å². The Bertz CT molecular complexity index is 296. The summed E-state index contributed by atoms with van der Waals surface area (Å²) in [6.07, 6.45) is 7.86. The number of ether oxygens (including phenoxy) is 1. The molecule has 1 rings (SSSR count). The average molecular weight is 239 g/mol. The second-order valence-corrected chi connectivity index (χ2v) is 4.45. The van der Waals surface area contributed by atoms with E-state index in [1.807, 2.05) is 18.5 Å². The van der Waals surface area contributed by atoms with Gasteiger partial charge in [0.05, 0.1) is 12.7 Å². The first-order valence-corrected chi connectivity index (χ1v) is 6.69. The molecule has 1 aromatic heterocycles. The summed E-state index contributed by atoms with van der Waals surface area (Å²) in [6.45, 7) is 6.71. The Balaban J connectivity index is 2.25. The third-order valence-corrected chi connectivity index (χ3v) is 2.86. The summed E-state index contributed by atoms with van der Waals surface area (Å²) >= 11 is 0. The zero-order chi connectivity index (χ0) is 12.5. The van der Waals surface area contributed by atoms with Gasteiger partial charge in [0.15, 0.2) is 0 Å². The molecule has 0 fully saturated rings. The number of aromatic nitrogens is 1. The van der Waals surface area contributed by atoms with Crippen molar-refractivity contribution in [1.29, 1.82) is 0 Å². The molecule has 0 aliphatic carbocycles. The van der Waals surface area contributed by atoms with E-state index in [0.29, 0.717) is 0 Å². The van der Waals surface area contributed by atoms with E-state index >= 15 is 0 Å². The van der Waals surface area contributed by atoms with E-state index in [4.69, 9.17) is 4.74 Å². The van der Waals surface area contributed by atoms with E-state index in [2.05, 4.69) is 18.4 Å². The van der Waals surface area contributed by atoms with Crippen LogP contribution in [-0.4, -0.2) is 22.9 Å². The van der Waals surface area contributed by atoms with Crippen molar-refractivity contribution in [1.82, 2.24) is 4.57 Å².